The summed E-state index contributed by atoms with van der Waals surface area (Å²) in [5.41, 5.74) is 5.71. The van der Waals surface area contributed by atoms with Crippen molar-refractivity contribution in [2.75, 3.05) is 39.4 Å². The number of rotatable bonds is 41. The number of nitrogens with two attached hydrogens (primary N) is 1. The van der Waals surface area contributed by atoms with Gasteiger partial charge in [0.15, 0.2) is 0 Å². The van der Waals surface area contributed by atoms with Crippen LogP contribution < -0.4 is 5.73 Å². The summed E-state index contributed by atoms with van der Waals surface area (Å²) in [5, 5.41) is 10.2. The van der Waals surface area contributed by atoms with E-state index in [0.29, 0.717) is 26.2 Å². The second-order valence-electron chi connectivity index (χ2n) is 15.4. The Bertz CT molecular complexity index is 738. The first-order chi connectivity index (χ1) is 25.5. The smallest absolute Gasteiger partial charge is 0.462 e. The number of esters is 1. The maximum absolute atomic E-state index is 12.7. The van der Waals surface area contributed by atoms with Gasteiger partial charge in [0.1, 0.15) is 6.10 Å². The number of carbonyl (C=O) groups excluding carboxylic acids is 2. The molecule has 0 bridgehead atoms. The highest BCUT2D eigenvalue weighted by molar-refractivity contribution is 5.69. The summed E-state index contributed by atoms with van der Waals surface area (Å²) >= 11 is 0. The minimum atomic E-state index is -0.542. The third kappa shape index (κ3) is 37.0. The maximum atomic E-state index is 12.7. The van der Waals surface area contributed by atoms with Crippen LogP contribution in [0.3, 0.4) is 0 Å². The monoisotopic (exact) mass is 741 g/mol. The SMILES string of the molecule is CCCCCCCCCOC(=O)OCCCCCCN(CCCCCCCC(=O)OC(CCCCCCCC)CCCCCCCC)CC(O)CN. The maximum Gasteiger partial charge on any atom is 0.508 e. The van der Waals surface area contributed by atoms with Crippen molar-refractivity contribution in [3.8, 4) is 0 Å². The number of aliphatic hydroxyl groups excluding tert-OH is 1. The van der Waals surface area contributed by atoms with Crippen LogP contribution in [0.25, 0.3) is 0 Å². The molecule has 0 saturated carbocycles. The van der Waals surface area contributed by atoms with Crippen LogP contribution in [0.1, 0.15) is 220 Å². The number of unbranched alkanes of at least 4 members (excludes halogenated alkanes) is 23. The van der Waals surface area contributed by atoms with Gasteiger partial charge in [0.05, 0.1) is 19.3 Å². The van der Waals surface area contributed by atoms with Crippen LogP contribution >= 0.6 is 0 Å². The molecule has 0 aromatic heterocycles. The molecule has 0 fully saturated rings. The van der Waals surface area contributed by atoms with Crippen LogP contribution in [0.4, 0.5) is 4.79 Å². The van der Waals surface area contributed by atoms with Gasteiger partial charge in [-0.1, -0.05) is 156 Å². The van der Waals surface area contributed by atoms with Crippen LogP contribution in [-0.4, -0.2) is 73.7 Å². The Kier molecular flexibility index (Phi) is 39.7. The Balaban J connectivity index is 4.12. The molecule has 0 saturated heterocycles. The molecule has 0 aliphatic heterocycles. The number of carbonyl (C=O) groups is 2. The Morgan fingerprint density at radius 2 is 0.923 bits per heavy atom. The summed E-state index contributed by atoms with van der Waals surface area (Å²) in [4.78, 5) is 26.9. The summed E-state index contributed by atoms with van der Waals surface area (Å²) in [5.74, 6) is -0.00536. The molecule has 0 rings (SSSR count). The Hall–Kier alpha value is -1.38. The predicted octanol–water partition coefficient (Wildman–Crippen LogP) is 11.8. The molecule has 0 heterocycles. The normalized spacial score (nSPS) is 12.1. The molecule has 0 aliphatic rings. The number of hydrogen-bond acceptors (Lipinski definition) is 8. The van der Waals surface area contributed by atoms with Crippen molar-refractivity contribution in [3.63, 3.8) is 0 Å². The fraction of sp³-hybridized carbons (Fsp3) is 0.955. The van der Waals surface area contributed by atoms with Crippen LogP contribution in [0.2, 0.25) is 0 Å². The molecule has 310 valence electrons. The van der Waals surface area contributed by atoms with Gasteiger partial charge in [-0.05, 0) is 70.9 Å². The number of nitrogens with zero attached hydrogens (tertiary/aromatic N) is 1. The van der Waals surface area contributed by atoms with E-state index in [1.807, 2.05) is 0 Å². The zero-order valence-corrected chi connectivity index (χ0v) is 34.8. The highest BCUT2D eigenvalue weighted by Crippen LogP contribution is 2.18. The van der Waals surface area contributed by atoms with Gasteiger partial charge in [-0.2, -0.15) is 0 Å². The van der Waals surface area contributed by atoms with Gasteiger partial charge >= 0.3 is 12.1 Å². The standard InChI is InChI=1S/C44H88N2O6/c1-4-7-10-13-16-23-30-37-50-44(49)51-38-31-24-22-29-36-46(40-41(47)39-45)35-28-21-17-20-27-34-43(48)52-42(32-25-18-14-11-8-5-2)33-26-19-15-12-9-6-3/h41-42,47H,4-40,45H2,1-3H3. The van der Waals surface area contributed by atoms with Crippen molar-refractivity contribution in [3.05, 3.63) is 0 Å². The first kappa shape index (κ1) is 50.6. The van der Waals surface area contributed by atoms with Gasteiger partial charge in [-0.3, -0.25) is 4.79 Å². The van der Waals surface area contributed by atoms with Crippen molar-refractivity contribution in [1.29, 1.82) is 0 Å². The van der Waals surface area contributed by atoms with Crippen molar-refractivity contribution in [2.24, 2.45) is 5.73 Å². The molecule has 0 aliphatic carbocycles. The zero-order valence-electron chi connectivity index (χ0n) is 34.8. The lowest BCUT2D eigenvalue weighted by Crippen LogP contribution is -2.37. The number of ether oxygens (including phenoxy) is 3. The molecule has 0 aromatic rings. The highest BCUT2D eigenvalue weighted by atomic mass is 16.7. The van der Waals surface area contributed by atoms with Crippen LogP contribution in [0, 0.1) is 0 Å². The molecule has 52 heavy (non-hydrogen) atoms. The predicted molar refractivity (Wildman–Crippen MR) is 219 cm³/mol. The summed E-state index contributed by atoms with van der Waals surface area (Å²) in [6, 6.07) is 0. The molecule has 0 spiro atoms. The minimum Gasteiger partial charge on any atom is -0.462 e. The van der Waals surface area contributed by atoms with E-state index in [1.165, 1.54) is 109 Å². The summed E-state index contributed by atoms with van der Waals surface area (Å²) in [7, 11) is 0. The summed E-state index contributed by atoms with van der Waals surface area (Å²) in [6.07, 6.45) is 34.5. The summed E-state index contributed by atoms with van der Waals surface area (Å²) in [6.45, 7) is 10.4. The quantitative estimate of drug-likeness (QED) is 0.0471. The third-order valence-electron chi connectivity index (χ3n) is 10.2. The van der Waals surface area contributed by atoms with Gasteiger partial charge in [-0.25, -0.2) is 4.79 Å². The average molecular weight is 741 g/mol. The second-order valence-corrected chi connectivity index (χ2v) is 15.4. The van der Waals surface area contributed by atoms with E-state index in [-0.39, 0.29) is 18.6 Å². The molecule has 0 radical (unpaired) electrons. The van der Waals surface area contributed by atoms with Crippen molar-refractivity contribution < 1.29 is 28.9 Å². The zero-order chi connectivity index (χ0) is 38.2. The Morgan fingerprint density at radius 1 is 0.538 bits per heavy atom. The fourth-order valence-electron chi connectivity index (χ4n) is 6.82. The average Bonchev–Trinajstić information content (AvgIpc) is 3.14. The van der Waals surface area contributed by atoms with Gasteiger partial charge in [-0.15, -0.1) is 0 Å². The molecule has 0 amide bonds. The van der Waals surface area contributed by atoms with E-state index in [1.54, 1.807) is 0 Å². The van der Waals surface area contributed by atoms with E-state index >= 15 is 0 Å². The van der Waals surface area contributed by atoms with Crippen molar-refractivity contribution in [2.45, 2.75) is 232 Å². The second kappa shape index (κ2) is 40.8. The van der Waals surface area contributed by atoms with E-state index in [2.05, 4.69) is 25.7 Å². The van der Waals surface area contributed by atoms with E-state index < -0.39 is 12.3 Å². The topological polar surface area (TPSA) is 111 Å². The van der Waals surface area contributed by atoms with E-state index in [9.17, 15) is 14.7 Å². The number of hydrogen-bond donors (Lipinski definition) is 2. The first-order valence-electron chi connectivity index (χ1n) is 22.6. The van der Waals surface area contributed by atoms with Crippen LogP contribution in [0.5, 0.6) is 0 Å². The van der Waals surface area contributed by atoms with Crippen molar-refractivity contribution >= 4 is 12.1 Å². The third-order valence-corrected chi connectivity index (χ3v) is 10.2. The Morgan fingerprint density at radius 3 is 1.37 bits per heavy atom. The van der Waals surface area contributed by atoms with Gasteiger partial charge in [0.25, 0.3) is 0 Å². The lowest BCUT2D eigenvalue weighted by atomic mass is 10.0. The highest BCUT2D eigenvalue weighted by Gasteiger charge is 2.15. The molecule has 8 heteroatoms. The van der Waals surface area contributed by atoms with Crippen LogP contribution in [-0.2, 0) is 19.0 Å². The largest absolute Gasteiger partial charge is 0.508 e. The van der Waals surface area contributed by atoms with Crippen molar-refractivity contribution in [1.82, 2.24) is 4.90 Å². The Labute approximate surface area is 322 Å². The molecule has 3 N–H and O–H groups in total. The van der Waals surface area contributed by atoms with E-state index in [4.69, 9.17) is 19.9 Å². The lowest BCUT2D eigenvalue weighted by Gasteiger charge is -2.24. The van der Waals surface area contributed by atoms with Gasteiger partial charge < -0.3 is 30.0 Å². The molecule has 8 nitrogen and oxygen atoms in total. The molecule has 1 atom stereocenters. The summed E-state index contributed by atoms with van der Waals surface area (Å²) < 4.78 is 16.4. The molecular formula is C44H88N2O6. The minimum absolute atomic E-state index is 0.00536. The van der Waals surface area contributed by atoms with Gasteiger partial charge in [0, 0.05) is 19.5 Å². The number of aliphatic hydroxyl groups is 1. The van der Waals surface area contributed by atoms with Crippen LogP contribution in [0.15, 0.2) is 0 Å². The first-order valence-corrected chi connectivity index (χ1v) is 22.6. The van der Waals surface area contributed by atoms with E-state index in [0.717, 1.165) is 96.6 Å². The molecule has 1 unspecified atom stereocenters. The lowest BCUT2D eigenvalue weighted by molar-refractivity contribution is -0.150. The molecular weight excluding hydrogens is 652 g/mol. The molecule has 0 aromatic carbocycles. The van der Waals surface area contributed by atoms with Gasteiger partial charge in [0.2, 0.25) is 0 Å². The fourth-order valence-corrected chi connectivity index (χ4v) is 6.82.